The molecule has 0 amide bonds. The molecular weight excluding hydrogens is 352 g/mol. The van der Waals surface area contributed by atoms with Crippen molar-refractivity contribution in [2.45, 2.75) is 52.0 Å². The summed E-state index contributed by atoms with van der Waals surface area (Å²) in [6.45, 7) is 6.40. The molecule has 1 fully saturated rings. The van der Waals surface area contributed by atoms with Crippen molar-refractivity contribution in [3.63, 3.8) is 0 Å². The molecule has 4 nitrogen and oxygen atoms in total. The van der Waals surface area contributed by atoms with Crippen molar-refractivity contribution in [1.29, 1.82) is 0 Å². The second-order valence-corrected chi connectivity index (χ2v) is 7.23. The van der Waals surface area contributed by atoms with Crippen LogP contribution in [0.3, 0.4) is 0 Å². The van der Waals surface area contributed by atoms with Gasteiger partial charge in [0.1, 0.15) is 5.82 Å². The van der Waals surface area contributed by atoms with E-state index in [1.54, 1.807) is 0 Å². The van der Waals surface area contributed by atoms with Crippen LogP contribution in [0.25, 0.3) is 0 Å². The lowest BCUT2D eigenvalue weighted by molar-refractivity contribution is 0.750. The van der Waals surface area contributed by atoms with E-state index in [2.05, 4.69) is 70.5 Å². The molecule has 0 saturated heterocycles. The van der Waals surface area contributed by atoms with Gasteiger partial charge in [0.2, 0.25) is 5.95 Å². The van der Waals surface area contributed by atoms with E-state index in [9.17, 15) is 0 Å². The summed E-state index contributed by atoms with van der Waals surface area (Å²) in [6, 6.07) is 8.66. The van der Waals surface area contributed by atoms with Crippen LogP contribution < -0.4 is 10.6 Å². The Kier molecular flexibility index (Phi) is 4.85. The van der Waals surface area contributed by atoms with Gasteiger partial charge in [-0.15, -0.1) is 0 Å². The number of nitrogens with zero attached hydrogens (tertiary/aromatic N) is 2. The topological polar surface area (TPSA) is 49.8 Å². The molecule has 0 unspecified atom stereocenters. The average molecular weight is 375 g/mol. The molecule has 1 heterocycles. The van der Waals surface area contributed by atoms with Crippen molar-refractivity contribution in [1.82, 2.24) is 9.97 Å². The molecular formula is C18H23BrN4. The minimum absolute atomic E-state index is 0.367. The lowest BCUT2D eigenvalue weighted by Crippen LogP contribution is -2.16. The van der Waals surface area contributed by atoms with Gasteiger partial charge in [0.15, 0.2) is 0 Å². The Labute approximate surface area is 146 Å². The Hall–Kier alpha value is -1.62. The van der Waals surface area contributed by atoms with E-state index < -0.39 is 0 Å². The number of aromatic nitrogens is 2. The fraction of sp³-hybridized carbons (Fsp3) is 0.444. The summed E-state index contributed by atoms with van der Waals surface area (Å²) in [5.74, 6) is 2.18. The van der Waals surface area contributed by atoms with Crippen LogP contribution >= 0.6 is 15.9 Å². The predicted molar refractivity (Wildman–Crippen MR) is 99.5 cm³/mol. The Balaban J connectivity index is 1.87. The maximum atomic E-state index is 4.69. The highest BCUT2D eigenvalue weighted by molar-refractivity contribution is 9.10. The first kappa shape index (κ1) is 16.2. The summed E-state index contributed by atoms with van der Waals surface area (Å²) >= 11 is 3.50. The maximum absolute atomic E-state index is 4.69. The van der Waals surface area contributed by atoms with Crippen molar-refractivity contribution in [2.75, 3.05) is 10.6 Å². The Morgan fingerprint density at radius 3 is 2.70 bits per heavy atom. The zero-order valence-electron chi connectivity index (χ0n) is 13.9. The third kappa shape index (κ3) is 4.22. The van der Waals surface area contributed by atoms with Crippen molar-refractivity contribution >= 4 is 33.4 Å². The number of hydrogen-bond donors (Lipinski definition) is 2. The van der Waals surface area contributed by atoms with Crippen LogP contribution in [0.4, 0.5) is 17.5 Å². The molecule has 2 aromatic rings. The maximum Gasteiger partial charge on any atom is 0.225 e. The van der Waals surface area contributed by atoms with Crippen molar-refractivity contribution in [3.8, 4) is 0 Å². The monoisotopic (exact) mass is 374 g/mol. The molecule has 3 rings (SSSR count). The quantitative estimate of drug-likeness (QED) is 0.712. The van der Waals surface area contributed by atoms with Gasteiger partial charge in [-0.05, 0) is 56.9 Å². The Morgan fingerprint density at radius 2 is 2.04 bits per heavy atom. The molecule has 1 saturated carbocycles. The van der Waals surface area contributed by atoms with Gasteiger partial charge in [-0.25, -0.2) is 4.98 Å². The highest BCUT2D eigenvalue weighted by Crippen LogP contribution is 2.40. The third-order valence-corrected chi connectivity index (χ3v) is 4.67. The standard InChI is InChI=1S/C18H23BrN4/c1-4-12(3)20-18-22-16(13-5-6-13)10-17(23-18)21-15-8-7-14(19)9-11(15)2/h7-10,12-13H,4-6H2,1-3H3,(H2,20,21,22,23)/t12-/m0/s1. The summed E-state index contributed by atoms with van der Waals surface area (Å²) in [5, 5.41) is 6.84. The molecule has 0 radical (unpaired) electrons. The molecule has 0 bridgehead atoms. The fourth-order valence-corrected chi connectivity index (χ4v) is 2.89. The van der Waals surface area contributed by atoms with Gasteiger partial charge in [-0.3, -0.25) is 0 Å². The van der Waals surface area contributed by atoms with Crippen LogP contribution in [0.15, 0.2) is 28.7 Å². The van der Waals surface area contributed by atoms with Crippen LogP contribution in [0, 0.1) is 6.92 Å². The number of hydrogen-bond acceptors (Lipinski definition) is 4. The van der Waals surface area contributed by atoms with Crippen LogP contribution in [-0.2, 0) is 0 Å². The van der Waals surface area contributed by atoms with Crippen molar-refractivity contribution in [3.05, 3.63) is 40.0 Å². The van der Waals surface area contributed by atoms with Gasteiger partial charge in [-0.2, -0.15) is 4.98 Å². The SMILES string of the molecule is CC[C@H](C)Nc1nc(Nc2ccc(Br)cc2C)cc(C2CC2)n1. The van der Waals surface area contributed by atoms with Gasteiger partial charge in [0, 0.05) is 28.2 Å². The molecule has 1 aliphatic rings. The van der Waals surface area contributed by atoms with Gasteiger partial charge in [0.25, 0.3) is 0 Å². The summed E-state index contributed by atoms with van der Waals surface area (Å²) in [5.41, 5.74) is 3.40. The van der Waals surface area contributed by atoms with Crippen molar-refractivity contribution in [2.24, 2.45) is 0 Å². The highest BCUT2D eigenvalue weighted by Gasteiger charge is 2.26. The van der Waals surface area contributed by atoms with E-state index in [-0.39, 0.29) is 0 Å². The molecule has 1 aromatic heterocycles. The molecule has 0 spiro atoms. The van der Waals surface area contributed by atoms with Gasteiger partial charge in [0.05, 0.1) is 5.69 Å². The number of aryl methyl sites for hydroxylation is 1. The van der Waals surface area contributed by atoms with Gasteiger partial charge >= 0.3 is 0 Å². The van der Waals surface area contributed by atoms with Crippen LogP contribution in [0.5, 0.6) is 0 Å². The first-order valence-corrected chi connectivity index (χ1v) is 9.03. The highest BCUT2D eigenvalue weighted by atomic mass is 79.9. The molecule has 1 aromatic carbocycles. The summed E-state index contributed by atoms with van der Waals surface area (Å²) < 4.78 is 1.08. The normalized spacial score (nSPS) is 15.3. The molecule has 1 atom stereocenters. The van der Waals surface area contributed by atoms with E-state index in [4.69, 9.17) is 4.98 Å². The third-order valence-electron chi connectivity index (χ3n) is 4.18. The van der Waals surface area contributed by atoms with E-state index in [0.29, 0.717) is 12.0 Å². The molecule has 122 valence electrons. The first-order chi connectivity index (χ1) is 11.0. The number of nitrogens with one attached hydrogen (secondary N) is 2. The van der Waals surface area contributed by atoms with Crippen LogP contribution in [0.2, 0.25) is 0 Å². The zero-order valence-corrected chi connectivity index (χ0v) is 15.4. The first-order valence-electron chi connectivity index (χ1n) is 8.24. The lowest BCUT2D eigenvalue weighted by atomic mass is 10.2. The van der Waals surface area contributed by atoms with E-state index in [1.165, 1.54) is 18.4 Å². The van der Waals surface area contributed by atoms with Crippen LogP contribution in [0.1, 0.15) is 50.3 Å². The predicted octanol–water partition coefficient (Wildman–Crippen LogP) is 5.38. The van der Waals surface area contributed by atoms with E-state index >= 15 is 0 Å². The number of rotatable bonds is 6. The largest absolute Gasteiger partial charge is 0.352 e. The fourth-order valence-electron chi connectivity index (χ4n) is 2.41. The zero-order chi connectivity index (χ0) is 16.4. The lowest BCUT2D eigenvalue weighted by Gasteiger charge is -2.15. The molecule has 1 aliphatic carbocycles. The van der Waals surface area contributed by atoms with E-state index in [0.717, 1.165) is 34.0 Å². The summed E-state index contributed by atoms with van der Waals surface area (Å²) in [6.07, 6.45) is 3.51. The number of anilines is 3. The van der Waals surface area contributed by atoms with Crippen LogP contribution in [-0.4, -0.2) is 16.0 Å². The van der Waals surface area contributed by atoms with E-state index in [1.807, 2.05) is 6.07 Å². The number of halogens is 1. The number of benzene rings is 1. The smallest absolute Gasteiger partial charge is 0.225 e. The second kappa shape index (κ2) is 6.87. The van der Waals surface area contributed by atoms with Gasteiger partial charge in [-0.1, -0.05) is 22.9 Å². The van der Waals surface area contributed by atoms with Gasteiger partial charge < -0.3 is 10.6 Å². The summed E-state index contributed by atoms with van der Waals surface area (Å²) in [4.78, 5) is 9.34. The Bertz CT molecular complexity index is 697. The molecule has 0 aliphatic heterocycles. The molecule has 5 heteroatoms. The average Bonchev–Trinajstić information content (AvgIpc) is 3.34. The molecule has 2 N–H and O–H groups in total. The minimum Gasteiger partial charge on any atom is -0.352 e. The van der Waals surface area contributed by atoms with Crippen molar-refractivity contribution < 1.29 is 0 Å². The minimum atomic E-state index is 0.367. The molecule has 23 heavy (non-hydrogen) atoms. The summed E-state index contributed by atoms with van der Waals surface area (Å²) in [7, 11) is 0. The second-order valence-electron chi connectivity index (χ2n) is 6.31. The Morgan fingerprint density at radius 1 is 1.26 bits per heavy atom.